The largest absolute Gasteiger partial charge is 0.493 e. The molecule has 0 amide bonds. The Balaban J connectivity index is 1.39. The third-order valence-corrected chi connectivity index (χ3v) is 8.23. The van der Waals surface area contributed by atoms with Crippen LogP contribution in [-0.4, -0.2) is 54.0 Å². The number of nitro benzene ring substituents is 1. The fraction of sp³-hybridized carbons (Fsp3) is 0.296. The summed E-state index contributed by atoms with van der Waals surface area (Å²) in [5, 5.41) is 10.9. The van der Waals surface area contributed by atoms with Crippen LogP contribution in [0.25, 0.3) is 0 Å². The Bertz CT molecular complexity index is 1610. The van der Waals surface area contributed by atoms with E-state index < -0.39 is 33.1 Å². The smallest absolute Gasteiger partial charge is 0.342 e. The number of nitrogens with one attached hydrogen (secondary N) is 1. The number of nitrogens with zero attached hydrogens (tertiary/aromatic N) is 1. The number of non-ortho nitro benzene ring substituents is 1. The molecular formula is C27H26N2O11S. The molecule has 1 fully saturated rings. The van der Waals surface area contributed by atoms with Crippen molar-refractivity contribution < 1.29 is 46.6 Å². The Morgan fingerprint density at radius 3 is 2.32 bits per heavy atom. The molecule has 0 bridgehead atoms. The molecule has 1 saturated heterocycles. The minimum Gasteiger partial charge on any atom is -0.493 e. The number of nitro groups is 1. The van der Waals surface area contributed by atoms with Crippen molar-refractivity contribution in [3.63, 3.8) is 0 Å². The van der Waals surface area contributed by atoms with Crippen LogP contribution in [0.3, 0.4) is 0 Å². The molecule has 2 aliphatic rings. The molecule has 0 aliphatic carbocycles. The van der Waals surface area contributed by atoms with Crippen molar-refractivity contribution in [1.82, 2.24) is 4.72 Å². The van der Waals surface area contributed by atoms with Gasteiger partial charge in [-0.15, -0.1) is 0 Å². The van der Waals surface area contributed by atoms with Crippen LogP contribution in [0.2, 0.25) is 0 Å². The van der Waals surface area contributed by atoms with Gasteiger partial charge in [-0.2, -0.15) is 0 Å². The van der Waals surface area contributed by atoms with E-state index >= 15 is 0 Å². The molecule has 2 aliphatic heterocycles. The standard InChI is InChI=1S/C27H26N2O11S/c1-35-20-9-8-18(23(26(20)36-2)27(30)37-3)24-25(40-24)19-13-22-21(38-14-39-22)12-15(19)10-11-28-41(33,34)17-6-4-16(5-7-17)29(31)32/h4-9,12-13,24-25,28H,10-11,14H2,1-3H3. The summed E-state index contributed by atoms with van der Waals surface area (Å²) in [5.74, 6) is 0.998. The summed E-state index contributed by atoms with van der Waals surface area (Å²) in [6, 6.07) is 11.6. The van der Waals surface area contributed by atoms with E-state index in [4.69, 9.17) is 28.4 Å². The third-order valence-electron chi connectivity index (χ3n) is 6.75. The van der Waals surface area contributed by atoms with E-state index in [2.05, 4.69) is 4.72 Å². The predicted molar refractivity (Wildman–Crippen MR) is 142 cm³/mol. The Kier molecular flexibility index (Phi) is 7.71. The number of methoxy groups -OCH3 is 3. The van der Waals surface area contributed by atoms with E-state index in [9.17, 15) is 23.3 Å². The van der Waals surface area contributed by atoms with Crippen LogP contribution in [0.5, 0.6) is 23.0 Å². The molecule has 3 aromatic rings. The monoisotopic (exact) mass is 586 g/mol. The summed E-state index contributed by atoms with van der Waals surface area (Å²) in [5.41, 5.74) is 1.99. The average molecular weight is 587 g/mol. The number of rotatable bonds is 11. The van der Waals surface area contributed by atoms with Crippen LogP contribution >= 0.6 is 0 Å². The SMILES string of the molecule is COC(=O)c1c(C2OC2c2cc3c(cc2CCNS(=O)(=O)c2ccc([N+](=O)[O-])cc2)OCO3)ccc(OC)c1OC. The summed E-state index contributed by atoms with van der Waals surface area (Å²) in [4.78, 5) is 22.9. The lowest BCUT2D eigenvalue weighted by atomic mass is 9.94. The maximum atomic E-state index is 12.8. The van der Waals surface area contributed by atoms with Crippen molar-refractivity contribution in [2.75, 3.05) is 34.7 Å². The highest BCUT2D eigenvalue weighted by atomic mass is 32.2. The first-order valence-electron chi connectivity index (χ1n) is 12.3. The van der Waals surface area contributed by atoms with Gasteiger partial charge in [-0.25, -0.2) is 17.9 Å². The lowest BCUT2D eigenvalue weighted by molar-refractivity contribution is -0.384. The van der Waals surface area contributed by atoms with Crippen LogP contribution in [0.15, 0.2) is 53.4 Å². The summed E-state index contributed by atoms with van der Waals surface area (Å²) in [6.07, 6.45) is -0.743. The second-order valence-corrected chi connectivity index (χ2v) is 10.8. The van der Waals surface area contributed by atoms with Crippen LogP contribution in [0, 0.1) is 10.1 Å². The molecule has 13 nitrogen and oxygen atoms in total. The van der Waals surface area contributed by atoms with Crippen molar-refractivity contribution in [3.8, 4) is 23.0 Å². The average Bonchev–Trinajstić information content (AvgIpc) is 3.63. The minimum absolute atomic E-state index is 0.0210. The first kappa shape index (κ1) is 28.1. The van der Waals surface area contributed by atoms with Gasteiger partial charge in [0.1, 0.15) is 17.8 Å². The van der Waals surface area contributed by atoms with Gasteiger partial charge in [-0.05, 0) is 47.9 Å². The molecule has 5 rings (SSSR count). The van der Waals surface area contributed by atoms with Gasteiger partial charge in [-0.1, -0.05) is 6.07 Å². The van der Waals surface area contributed by atoms with Gasteiger partial charge < -0.3 is 28.4 Å². The lowest BCUT2D eigenvalue weighted by Gasteiger charge is -2.15. The first-order chi connectivity index (χ1) is 19.7. The zero-order chi connectivity index (χ0) is 29.3. The lowest BCUT2D eigenvalue weighted by Crippen LogP contribution is -2.26. The summed E-state index contributed by atoms with van der Waals surface area (Å²) >= 11 is 0. The molecular weight excluding hydrogens is 560 g/mol. The van der Waals surface area contributed by atoms with E-state index in [1.807, 2.05) is 0 Å². The highest BCUT2D eigenvalue weighted by Gasteiger charge is 2.46. The van der Waals surface area contributed by atoms with Crippen LogP contribution in [0.4, 0.5) is 5.69 Å². The molecule has 0 radical (unpaired) electrons. The second-order valence-electron chi connectivity index (χ2n) is 9.04. The summed E-state index contributed by atoms with van der Waals surface area (Å²) in [6.45, 7) is 0.0647. The van der Waals surface area contributed by atoms with Crippen molar-refractivity contribution in [3.05, 3.63) is 80.9 Å². The molecule has 14 heteroatoms. The number of esters is 1. The molecule has 3 aromatic carbocycles. The second kappa shape index (κ2) is 11.2. The molecule has 2 unspecified atom stereocenters. The van der Waals surface area contributed by atoms with E-state index in [1.165, 1.54) is 33.5 Å². The van der Waals surface area contributed by atoms with Crippen LogP contribution < -0.4 is 23.7 Å². The molecule has 1 N–H and O–H groups in total. The third kappa shape index (κ3) is 5.49. The van der Waals surface area contributed by atoms with Crippen molar-refractivity contribution in [2.45, 2.75) is 23.5 Å². The fourth-order valence-corrected chi connectivity index (χ4v) is 5.74. The number of sulfonamides is 1. The molecule has 0 saturated carbocycles. The number of fused-ring (bicyclic) bond motifs is 1. The molecule has 0 aromatic heterocycles. The maximum absolute atomic E-state index is 12.8. The highest BCUT2D eigenvalue weighted by Crippen LogP contribution is 2.56. The topological polar surface area (TPSA) is 165 Å². The molecule has 2 atom stereocenters. The Morgan fingerprint density at radius 1 is 1.00 bits per heavy atom. The zero-order valence-electron chi connectivity index (χ0n) is 22.2. The van der Waals surface area contributed by atoms with Crippen molar-refractivity contribution >= 4 is 21.7 Å². The van der Waals surface area contributed by atoms with Crippen LogP contribution in [-0.2, 0) is 25.9 Å². The van der Waals surface area contributed by atoms with Gasteiger partial charge in [-0.3, -0.25) is 10.1 Å². The quantitative estimate of drug-likeness (QED) is 0.151. The number of hydrogen-bond donors (Lipinski definition) is 1. The first-order valence-corrected chi connectivity index (χ1v) is 13.8. The number of carbonyl (C=O) groups is 1. The van der Waals surface area contributed by atoms with E-state index in [1.54, 1.807) is 24.3 Å². The van der Waals surface area contributed by atoms with Gasteiger partial charge >= 0.3 is 5.97 Å². The molecule has 2 heterocycles. The van der Waals surface area contributed by atoms with Crippen molar-refractivity contribution in [1.29, 1.82) is 0 Å². The summed E-state index contributed by atoms with van der Waals surface area (Å²) < 4.78 is 61.0. The number of ether oxygens (including phenoxy) is 6. The van der Waals surface area contributed by atoms with Gasteiger partial charge in [0, 0.05) is 24.2 Å². The van der Waals surface area contributed by atoms with E-state index in [-0.39, 0.29) is 41.7 Å². The van der Waals surface area contributed by atoms with Crippen LogP contribution in [0.1, 0.15) is 39.3 Å². The molecule has 216 valence electrons. The number of epoxide rings is 1. The van der Waals surface area contributed by atoms with Gasteiger partial charge in [0.2, 0.25) is 16.8 Å². The van der Waals surface area contributed by atoms with E-state index in [0.29, 0.717) is 22.8 Å². The Labute approximate surface area is 235 Å². The fourth-order valence-electron chi connectivity index (χ4n) is 4.71. The normalized spacial score (nSPS) is 17.1. The maximum Gasteiger partial charge on any atom is 0.342 e. The number of carbonyl (C=O) groups excluding carboxylic acids is 1. The summed E-state index contributed by atoms with van der Waals surface area (Å²) in [7, 11) is 0.229. The molecule has 41 heavy (non-hydrogen) atoms. The number of benzene rings is 3. The number of hydrogen-bond acceptors (Lipinski definition) is 11. The minimum atomic E-state index is -3.92. The van der Waals surface area contributed by atoms with Gasteiger partial charge in [0.05, 0.1) is 31.1 Å². The highest BCUT2D eigenvalue weighted by molar-refractivity contribution is 7.89. The zero-order valence-corrected chi connectivity index (χ0v) is 23.1. The Hall–Kier alpha value is -4.40. The van der Waals surface area contributed by atoms with Crippen molar-refractivity contribution in [2.24, 2.45) is 0 Å². The Morgan fingerprint density at radius 2 is 1.68 bits per heavy atom. The van der Waals surface area contributed by atoms with Gasteiger partial charge in [0.25, 0.3) is 5.69 Å². The predicted octanol–water partition coefficient (Wildman–Crippen LogP) is 3.46. The van der Waals surface area contributed by atoms with Gasteiger partial charge in [0.15, 0.2) is 23.0 Å². The molecule has 0 spiro atoms. The van der Waals surface area contributed by atoms with E-state index in [0.717, 1.165) is 23.3 Å².